The van der Waals surface area contributed by atoms with Gasteiger partial charge >= 0.3 is 0 Å². The summed E-state index contributed by atoms with van der Waals surface area (Å²) in [6, 6.07) is 0. The average Bonchev–Trinajstić information content (AvgIpc) is 3.08. The lowest BCUT2D eigenvalue weighted by Crippen LogP contribution is -2.66. The van der Waals surface area contributed by atoms with Gasteiger partial charge < -0.3 is 15.3 Å². The van der Waals surface area contributed by atoms with Crippen LogP contribution in [0.25, 0.3) is 0 Å². The molecule has 0 heterocycles. The first-order chi connectivity index (χ1) is 15.1. The molecule has 0 radical (unpaired) electrons. The van der Waals surface area contributed by atoms with Crippen molar-refractivity contribution in [1.82, 2.24) is 0 Å². The molecule has 0 unspecified atom stereocenters. The van der Waals surface area contributed by atoms with Crippen molar-refractivity contribution >= 4 is 0 Å². The van der Waals surface area contributed by atoms with E-state index in [-0.39, 0.29) is 45.7 Å². The molecule has 3 N–H and O–H groups in total. The van der Waals surface area contributed by atoms with E-state index in [1.807, 2.05) is 6.92 Å². The first-order valence-corrected chi connectivity index (χ1v) is 13.8. The highest BCUT2D eigenvalue weighted by Crippen LogP contribution is 2.75. The number of hydrogen-bond donors (Lipinski definition) is 3. The van der Waals surface area contributed by atoms with Crippen molar-refractivity contribution in [2.75, 3.05) is 0 Å². The van der Waals surface area contributed by atoms with Crippen molar-refractivity contribution in [3.63, 3.8) is 0 Å². The van der Waals surface area contributed by atoms with Crippen LogP contribution in [0, 0.1) is 45.3 Å². The van der Waals surface area contributed by atoms with Gasteiger partial charge in [-0.25, -0.2) is 0 Å². The van der Waals surface area contributed by atoms with Crippen LogP contribution < -0.4 is 0 Å². The molecule has 4 aliphatic rings. The third-order valence-corrected chi connectivity index (χ3v) is 12.4. The highest BCUT2D eigenvalue weighted by Gasteiger charge is 2.71. The Bertz CT molecular complexity index is 779. The predicted octanol–water partition coefficient (Wildman–Crippen LogP) is 6.50. The first-order valence-electron chi connectivity index (χ1n) is 13.8. The standard InChI is InChI=1S/C30H52O3/c1-19(2)10-9-14-30(8,33)20-11-16-29(7)25(20)21(31)18-23-27(5)15-13-24(32)26(3,4)22(27)12-17-28(23,29)6/h10,20-25,31-33H,9,11-18H2,1-8H3/t20-,21+,22-,23-,24-,25-,27-,28-,29+,30-/m0/s1. The van der Waals surface area contributed by atoms with E-state index in [4.69, 9.17) is 0 Å². The lowest BCUT2D eigenvalue weighted by atomic mass is 9.35. The lowest BCUT2D eigenvalue weighted by Gasteiger charge is -2.70. The molecule has 0 bridgehead atoms. The zero-order chi connectivity index (χ0) is 24.6. The van der Waals surface area contributed by atoms with Crippen LogP contribution in [0.2, 0.25) is 0 Å². The molecule has 4 saturated carbocycles. The second kappa shape index (κ2) is 8.07. The van der Waals surface area contributed by atoms with Gasteiger partial charge in [0.15, 0.2) is 0 Å². The summed E-state index contributed by atoms with van der Waals surface area (Å²) in [5.41, 5.74) is 0.885. The molecule has 10 atom stereocenters. The number of hydrogen-bond acceptors (Lipinski definition) is 3. The molecule has 0 aromatic heterocycles. The van der Waals surface area contributed by atoms with Crippen LogP contribution >= 0.6 is 0 Å². The van der Waals surface area contributed by atoms with Crippen molar-refractivity contribution in [2.45, 2.75) is 131 Å². The summed E-state index contributed by atoms with van der Waals surface area (Å²) in [7, 11) is 0. The molecular formula is C30H52O3. The van der Waals surface area contributed by atoms with Gasteiger partial charge in [-0.1, -0.05) is 46.3 Å². The maximum absolute atomic E-state index is 11.8. The summed E-state index contributed by atoms with van der Waals surface area (Å²) >= 11 is 0. The van der Waals surface area contributed by atoms with Crippen LogP contribution in [0.15, 0.2) is 11.6 Å². The third kappa shape index (κ3) is 3.61. The van der Waals surface area contributed by atoms with E-state index >= 15 is 0 Å². The van der Waals surface area contributed by atoms with Crippen molar-refractivity contribution in [1.29, 1.82) is 0 Å². The van der Waals surface area contributed by atoms with E-state index in [0.29, 0.717) is 11.8 Å². The number of rotatable bonds is 4. The Morgan fingerprint density at radius 2 is 1.55 bits per heavy atom. The highest BCUT2D eigenvalue weighted by molar-refractivity contribution is 5.20. The zero-order valence-corrected chi connectivity index (χ0v) is 22.7. The van der Waals surface area contributed by atoms with Crippen LogP contribution in [0.5, 0.6) is 0 Å². The minimum Gasteiger partial charge on any atom is -0.393 e. The first kappa shape index (κ1) is 25.7. The number of fused-ring (bicyclic) bond motifs is 5. The molecule has 0 saturated heterocycles. The van der Waals surface area contributed by atoms with Gasteiger partial charge in [0.1, 0.15) is 0 Å². The summed E-state index contributed by atoms with van der Waals surface area (Å²) in [6.45, 7) is 18.3. The fraction of sp³-hybridized carbons (Fsp3) is 0.933. The average molecular weight is 461 g/mol. The van der Waals surface area contributed by atoms with Crippen molar-refractivity contribution in [3.8, 4) is 0 Å². The Morgan fingerprint density at radius 1 is 0.909 bits per heavy atom. The van der Waals surface area contributed by atoms with Crippen molar-refractivity contribution < 1.29 is 15.3 Å². The van der Waals surface area contributed by atoms with Crippen LogP contribution in [0.3, 0.4) is 0 Å². The lowest BCUT2D eigenvalue weighted by molar-refractivity contribution is -0.246. The Morgan fingerprint density at radius 3 is 2.18 bits per heavy atom. The van der Waals surface area contributed by atoms with E-state index in [0.717, 1.165) is 44.9 Å². The number of allylic oxidation sites excluding steroid dienone is 2. The minimum absolute atomic E-state index is 0.0503. The molecule has 0 aliphatic heterocycles. The van der Waals surface area contributed by atoms with Crippen LogP contribution in [-0.4, -0.2) is 33.1 Å². The largest absolute Gasteiger partial charge is 0.393 e. The predicted molar refractivity (Wildman–Crippen MR) is 136 cm³/mol. The molecular weight excluding hydrogens is 408 g/mol. The summed E-state index contributed by atoms with van der Waals surface area (Å²) in [4.78, 5) is 0. The Balaban J connectivity index is 1.66. The molecule has 0 aromatic rings. The molecule has 0 amide bonds. The van der Waals surface area contributed by atoms with Crippen molar-refractivity contribution in [2.24, 2.45) is 45.3 Å². The van der Waals surface area contributed by atoms with Crippen LogP contribution in [0.1, 0.15) is 113 Å². The van der Waals surface area contributed by atoms with E-state index in [9.17, 15) is 15.3 Å². The summed E-state index contributed by atoms with van der Waals surface area (Å²) in [5, 5.41) is 34.3. The van der Waals surface area contributed by atoms with E-state index < -0.39 is 5.60 Å². The minimum atomic E-state index is -0.739. The van der Waals surface area contributed by atoms with Gasteiger partial charge in [0.05, 0.1) is 17.8 Å². The maximum Gasteiger partial charge on any atom is 0.0654 e. The SMILES string of the molecule is CC(C)=CCC[C@](C)(O)[C@H]1CC[C@]2(C)[C@@H]1[C@H](O)C[C@H]1[C@@]3(C)CC[C@H](O)C(C)(C)[C@@H]3CC[C@@]12C. The maximum atomic E-state index is 11.8. The molecule has 33 heavy (non-hydrogen) atoms. The molecule has 3 heteroatoms. The van der Waals surface area contributed by atoms with Crippen LogP contribution in [-0.2, 0) is 0 Å². The van der Waals surface area contributed by atoms with Gasteiger partial charge in [0, 0.05) is 0 Å². The van der Waals surface area contributed by atoms with Crippen LogP contribution in [0.4, 0.5) is 0 Å². The van der Waals surface area contributed by atoms with E-state index in [1.54, 1.807) is 0 Å². The normalized spacial score (nSPS) is 50.5. The zero-order valence-electron chi connectivity index (χ0n) is 22.7. The van der Waals surface area contributed by atoms with Gasteiger partial charge in [0.25, 0.3) is 0 Å². The van der Waals surface area contributed by atoms with Gasteiger partial charge in [-0.15, -0.1) is 0 Å². The summed E-state index contributed by atoms with van der Waals surface area (Å²) in [6.07, 6.45) is 10.6. The molecule has 4 rings (SSSR count). The van der Waals surface area contributed by atoms with E-state index in [2.05, 4.69) is 54.5 Å². The molecule has 0 spiro atoms. The fourth-order valence-electron chi connectivity index (χ4n) is 10.3. The second-order valence-corrected chi connectivity index (χ2v) is 14.5. The Labute approximate surface area is 203 Å². The van der Waals surface area contributed by atoms with Crippen molar-refractivity contribution in [3.05, 3.63) is 11.6 Å². The van der Waals surface area contributed by atoms with Gasteiger partial charge in [-0.3, -0.25) is 0 Å². The molecule has 4 fully saturated rings. The summed E-state index contributed by atoms with van der Waals surface area (Å²) in [5.74, 6) is 1.31. The molecule has 3 nitrogen and oxygen atoms in total. The molecule has 190 valence electrons. The number of aliphatic hydroxyl groups excluding tert-OH is 2. The Hall–Kier alpha value is -0.380. The van der Waals surface area contributed by atoms with E-state index in [1.165, 1.54) is 18.4 Å². The van der Waals surface area contributed by atoms with Gasteiger partial charge in [0.2, 0.25) is 0 Å². The number of aliphatic hydroxyl groups is 3. The molecule has 0 aromatic carbocycles. The topological polar surface area (TPSA) is 60.7 Å². The highest BCUT2D eigenvalue weighted by atomic mass is 16.3. The third-order valence-electron chi connectivity index (χ3n) is 12.4. The van der Waals surface area contributed by atoms with Gasteiger partial charge in [-0.2, -0.15) is 0 Å². The smallest absolute Gasteiger partial charge is 0.0654 e. The summed E-state index contributed by atoms with van der Waals surface area (Å²) < 4.78 is 0. The fourth-order valence-corrected chi connectivity index (χ4v) is 10.3. The monoisotopic (exact) mass is 460 g/mol. The second-order valence-electron chi connectivity index (χ2n) is 14.5. The van der Waals surface area contributed by atoms with Gasteiger partial charge in [-0.05, 0) is 124 Å². The quantitative estimate of drug-likeness (QED) is 0.420. The molecule has 4 aliphatic carbocycles. The Kier molecular flexibility index (Phi) is 6.28.